The molecule has 4 nitrogen and oxygen atoms in total. The van der Waals surface area contributed by atoms with E-state index in [0.29, 0.717) is 6.54 Å². The van der Waals surface area contributed by atoms with Gasteiger partial charge in [-0.05, 0) is 25.0 Å². The van der Waals surface area contributed by atoms with Crippen molar-refractivity contribution in [2.75, 3.05) is 18.5 Å². The lowest BCUT2D eigenvalue weighted by molar-refractivity contribution is 0.600. The number of nitrogens with zero attached hydrogens (tertiary/aromatic N) is 3. The Bertz CT molecular complexity index is 547. The van der Waals surface area contributed by atoms with Crippen LogP contribution in [0.3, 0.4) is 0 Å². The first-order valence-electron chi connectivity index (χ1n) is 7.18. The Labute approximate surface area is 121 Å². The largest absolute Gasteiger partial charge is 0.366 e. The van der Waals surface area contributed by atoms with E-state index >= 15 is 0 Å². The van der Waals surface area contributed by atoms with Crippen molar-refractivity contribution in [2.24, 2.45) is 5.73 Å². The van der Waals surface area contributed by atoms with Crippen molar-refractivity contribution < 1.29 is 0 Å². The van der Waals surface area contributed by atoms with E-state index in [1.54, 1.807) is 0 Å². The molecule has 0 spiro atoms. The lowest BCUT2D eigenvalue weighted by Gasteiger charge is -2.29. The lowest BCUT2D eigenvalue weighted by Crippen LogP contribution is -2.30. The van der Waals surface area contributed by atoms with Crippen molar-refractivity contribution in [2.45, 2.75) is 32.9 Å². The summed E-state index contributed by atoms with van der Waals surface area (Å²) in [5, 5.41) is 4.41. The van der Waals surface area contributed by atoms with E-state index < -0.39 is 0 Å². The summed E-state index contributed by atoms with van der Waals surface area (Å²) in [5.41, 5.74) is 9.64. The third-order valence-corrected chi connectivity index (χ3v) is 3.68. The molecular formula is C16H24N4. The lowest BCUT2D eigenvalue weighted by atomic mass is 10.1. The van der Waals surface area contributed by atoms with Gasteiger partial charge in [0, 0.05) is 37.6 Å². The molecule has 0 aliphatic heterocycles. The third kappa shape index (κ3) is 3.02. The zero-order chi connectivity index (χ0) is 14.5. The molecule has 1 aromatic carbocycles. The highest BCUT2D eigenvalue weighted by Crippen LogP contribution is 2.27. The number of nitrogens with two attached hydrogens (primary N) is 1. The zero-order valence-corrected chi connectivity index (χ0v) is 12.6. The van der Waals surface area contributed by atoms with Crippen LogP contribution in [0.4, 0.5) is 5.69 Å². The van der Waals surface area contributed by atoms with Crippen molar-refractivity contribution in [1.82, 2.24) is 9.78 Å². The maximum Gasteiger partial charge on any atom is 0.0692 e. The summed E-state index contributed by atoms with van der Waals surface area (Å²) < 4.78 is 1.99. The predicted molar refractivity (Wildman–Crippen MR) is 83.9 cm³/mol. The Hall–Kier alpha value is -1.81. The molecule has 1 aromatic heterocycles. The van der Waals surface area contributed by atoms with E-state index in [4.69, 9.17) is 5.73 Å². The van der Waals surface area contributed by atoms with Gasteiger partial charge in [-0.2, -0.15) is 5.10 Å². The molecule has 20 heavy (non-hydrogen) atoms. The summed E-state index contributed by atoms with van der Waals surface area (Å²) in [6.07, 6.45) is 5.12. The van der Waals surface area contributed by atoms with Gasteiger partial charge in [0.15, 0.2) is 0 Å². The average molecular weight is 272 g/mol. The normalized spacial score (nSPS) is 12.4. The second-order valence-electron chi connectivity index (χ2n) is 5.19. The number of para-hydroxylation sites is 1. The fourth-order valence-electron chi connectivity index (χ4n) is 2.55. The predicted octanol–water partition coefficient (Wildman–Crippen LogP) is 2.74. The molecule has 2 aromatic rings. The van der Waals surface area contributed by atoms with Gasteiger partial charge in [-0.3, -0.25) is 4.68 Å². The quantitative estimate of drug-likeness (QED) is 0.879. The monoisotopic (exact) mass is 272 g/mol. The Morgan fingerprint density at radius 3 is 2.75 bits per heavy atom. The van der Waals surface area contributed by atoms with Crippen LogP contribution in [0.15, 0.2) is 36.7 Å². The van der Waals surface area contributed by atoms with Crippen molar-refractivity contribution in [3.8, 4) is 0 Å². The zero-order valence-electron chi connectivity index (χ0n) is 12.6. The number of anilines is 1. The molecule has 4 heteroatoms. The van der Waals surface area contributed by atoms with Gasteiger partial charge in [0.05, 0.1) is 12.2 Å². The summed E-state index contributed by atoms with van der Waals surface area (Å²) in [6, 6.07) is 8.53. The molecular weight excluding hydrogens is 248 g/mol. The molecule has 0 saturated heterocycles. The Morgan fingerprint density at radius 1 is 1.35 bits per heavy atom. The highest BCUT2D eigenvalue weighted by Gasteiger charge is 2.18. The first kappa shape index (κ1) is 14.6. The second-order valence-corrected chi connectivity index (χ2v) is 5.19. The van der Waals surface area contributed by atoms with E-state index in [-0.39, 0.29) is 6.04 Å². The Balaban J connectivity index is 2.24. The molecule has 2 N–H and O–H groups in total. The van der Waals surface area contributed by atoms with Gasteiger partial charge >= 0.3 is 0 Å². The minimum absolute atomic E-state index is 0.154. The number of rotatable bonds is 6. The summed E-state index contributed by atoms with van der Waals surface area (Å²) in [4.78, 5) is 2.24. The first-order valence-corrected chi connectivity index (χ1v) is 7.18. The molecule has 0 amide bonds. The Morgan fingerprint density at radius 2 is 2.10 bits per heavy atom. The summed E-state index contributed by atoms with van der Waals surface area (Å²) in [6.45, 7) is 5.80. The number of likely N-dealkylation sites (N-methyl/N-ethyl adjacent to an activating group) is 1. The highest BCUT2D eigenvalue weighted by atomic mass is 15.3. The van der Waals surface area contributed by atoms with E-state index in [2.05, 4.69) is 61.4 Å². The molecule has 0 bridgehead atoms. The van der Waals surface area contributed by atoms with Crippen LogP contribution >= 0.6 is 0 Å². The van der Waals surface area contributed by atoms with Crippen LogP contribution in [0.25, 0.3) is 0 Å². The van der Waals surface area contributed by atoms with Gasteiger partial charge in [-0.15, -0.1) is 0 Å². The van der Waals surface area contributed by atoms with Crippen LogP contribution in [0.1, 0.15) is 30.5 Å². The molecule has 0 aliphatic carbocycles. The second kappa shape index (κ2) is 6.57. The van der Waals surface area contributed by atoms with Gasteiger partial charge in [0.2, 0.25) is 0 Å². The first-order chi connectivity index (χ1) is 9.67. The molecule has 0 radical (unpaired) electrons. The van der Waals surface area contributed by atoms with E-state index in [9.17, 15) is 0 Å². The summed E-state index contributed by atoms with van der Waals surface area (Å²) in [5.74, 6) is 0. The van der Waals surface area contributed by atoms with Crippen molar-refractivity contribution in [1.29, 1.82) is 0 Å². The van der Waals surface area contributed by atoms with Gasteiger partial charge < -0.3 is 10.6 Å². The molecule has 2 rings (SSSR count). The van der Waals surface area contributed by atoms with Gasteiger partial charge in [-0.1, -0.05) is 25.1 Å². The van der Waals surface area contributed by atoms with E-state index in [1.165, 1.54) is 16.8 Å². The smallest absolute Gasteiger partial charge is 0.0692 e. The highest BCUT2D eigenvalue weighted by molar-refractivity contribution is 5.54. The summed E-state index contributed by atoms with van der Waals surface area (Å²) in [7, 11) is 2.09. The van der Waals surface area contributed by atoms with E-state index in [0.717, 1.165) is 13.0 Å². The fourth-order valence-corrected chi connectivity index (χ4v) is 2.55. The minimum atomic E-state index is 0.154. The van der Waals surface area contributed by atoms with Crippen LogP contribution < -0.4 is 10.6 Å². The van der Waals surface area contributed by atoms with Crippen molar-refractivity contribution >= 4 is 5.69 Å². The van der Waals surface area contributed by atoms with E-state index in [1.807, 2.05) is 10.9 Å². The molecule has 1 unspecified atom stereocenters. The number of benzene rings is 1. The third-order valence-electron chi connectivity index (χ3n) is 3.68. The number of aromatic nitrogens is 2. The maximum absolute atomic E-state index is 6.00. The average Bonchev–Trinajstić information content (AvgIpc) is 2.89. The van der Waals surface area contributed by atoms with Gasteiger partial charge in [-0.25, -0.2) is 0 Å². The molecule has 108 valence electrons. The minimum Gasteiger partial charge on any atom is -0.366 e. The number of hydrogen-bond acceptors (Lipinski definition) is 3. The fraction of sp³-hybridized carbons (Fsp3) is 0.438. The SMILES string of the molecule is CCCn1cc(C(CN)N(C)c2ccccc2C)cn1. The van der Waals surface area contributed by atoms with Crippen molar-refractivity contribution in [3.05, 3.63) is 47.8 Å². The number of hydrogen-bond donors (Lipinski definition) is 1. The van der Waals surface area contributed by atoms with Crippen LogP contribution in [-0.4, -0.2) is 23.4 Å². The Kier molecular flexibility index (Phi) is 4.79. The van der Waals surface area contributed by atoms with Crippen LogP contribution in [0.2, 0.25) is 0 Å². The molecule has 0 fully saturated rings. The summed E-state index contributed by atoms with van der Waals surface area (Å²) >= 11 is 0. The van der Waals surface area contributed by atoms with Crippen molar-refractivity contribution in [3.63, 3.8) is 0 Å². The molecule has 1 heterocycles. The standard InChI is InChI=1S/C16H24N4/c1-4-9-20-12-14(11-18-20)16(10-17)19(3)15-8-6-5-7-13(15)2/h5-8,11-12,16H,4,9-10,17H2,1-3H3. The molecule has 0 saturated carbocycles. The van der Waals surface area contributed by atoms with Crippen LogP contribution in [-0.2, 0) is 6.54 Å². The van der Waals surface area contributed by atoms with Gasteiger partial charge in [0.25, 0.3) is 0 Å². The topological polar surface area (TPSA) is 47.1 Å². The number of aryl methyl sites for hydroxylation is 2. The van der Waals surface area contributed by atoms with Crippen LogP contribution in [0.5, 0.6) is 0 Å². The van der Waals surface area contributed by atoms with Crippen LogP contribution in [0, 0.1) is 6.92 Å². The molecule has 1 atom stereocenters. The van der Waals surface area contributed by atoms with Gasteiger partial charge in [0.1, 0.15) is 0 Å². The maximum atomic E-state index is 6.00. The molecule has 0 aliphatic rings.